The summed E-state index contributed by atoms with van der Waals surface area (Å²) in [7, 11) is 1.79. The van der Waals surface area contributed by atoms with Gasteiger partial charge >= 0.3 is 5.97 Å². The molecule has 126 valence electrons. The van der Waals surface area contributed by atoms with Crippen molar-refractivity contribution in [2.24, 2.45) is 10.9 Å². The molecule has 6 heteroatoms. The zero-order valence-corrected chi connectivity index (χ0v) is 14.0. The standard InChI is InChI=1S/C17H26N4O2/c1-3-23-16(22)14-8-12-21(13-9-14)17(18-2)20-11-7-15-6-4-5-10-19-15/h4-6,10,14H,3,7-9,11-13H2,1-2H3,(H,18,20). The summed E-state index contributed by atoms with van der Waals surface area (Å²) in [5.74, 6) is 0.853. The Morgan fingerprint density at radius 2 is 2.22 bits per heavy atom. The Kier molecular flexibility index (Phi) is 6.84. The average molecular weight is 318 g/mol. The topological polar surface area (TPSA) is 66.8 Å². The Morgan fingerprint density at radius 1 is 1.43 bits per heavy atom. The van der Waals surface area contributed by atoms with Crippen LogP contribution in [-0.2, 0) is 16.0 Å². The second kappa shape index (κ2) is 9.12. The van der Waals surface area contributed by atoms with Gasteiger partial charge in [0.25, 0.3) is 0 Å². The molecule has 0 spiro atoms. The van der Waals surface area contributed by atoms with Gasteiger partial charge in [-0.05, 0) is 31.9 Å². The maximum absolute atomic E-state index is 11.8. The monoisotopic (exact) mass is 318 g/mol. The van der Waals surface area contributed by atoms with Crippen LogP contribution in [0.2, 0.25) is 0 Å². The van der Waals surface area contributed by atoms with Crippen molar-refractivity contribution in [2.75, 3.05) is 33.3 Å². The van der Waals surface area contributed by atoms with Gasteiger partial charge in [-0.1, -0.05) is 6.07 Å². The first-order chi connectivity index (χ1) is 11.2. The van der Waals surface area contributed by atoms with Crippen molar-refractivity contribution in [2.45, 2.75) is 26.2 Å². The van der Waals surface area contributed by atoms with Gasteiger partial charge in [-0.25, -0.2) is 0 Å². The largest absolute Gasteiger partial charge is 0.466 e. The molecule has 0 unspecified atom stereocenters. The summed E-state index contributed by atoms with van der Waals surface area (Å²) < 4.78 is 5.11. The third-order valence-corrected chi connectivity index (χ3v) is 4.02. The molecular formula is C17H26N4O2. The second-order valence-electron chi connectivity index (χ2n) is 5.56. The third kappa shape index (κ3) is 5.23. The number of likely N-dealkylation sites (tertiary alicyclic amines) is 1. The summed E-state index contributed by atoms with van der Waals surface area (Å²) in [6.07, 6.45) is 4.31. The van der Waals surface area contributed by atoms with Crippen LogP contribution in [-0.4, -0.2) is 55.1 Å². The SMILES string of the molecule is CCOC(=O)C1CCN(C(=NC)NCCc2ccccn2)CC1. The summed E-state index contributed by atoms with van der Waals surface area (Å²) in [4.78, 5) is 22.6. The number of esters is 1. The molecular weight excluding hydrogens is 292 g/mol. The van der Waals surface area contributed by atoms with E-state index in [0.29, 0.717) is 6.61 Å². The Hall–Kier alpha value is -2.11. The highest BCUT2D eigenvalue weighted by molar-refractivity contribution is 5.80. The van der Waals surface area contributed by atoms with E-state index in [0.717, 1.165) is 50.6 Å². The number of carbonyl (C=O) groups excluding carboxylic acids is 1. The van der Waals surface area contributed by atoms with Gasteiger partial charge in [0.1, 0.15) is 0 Å². The first kappa shape index (κ1) is 17.2. The number of hydrogen-bond donors (Lipinski definition) is 1. The number of aromatic nitrogens is 1. The van der Waals surface area contributed by atoms with E-state index < -0.39 is 0 Å². The van der Waals surface area contributed by atoms with E-state index >= 15 is 0 Å². The highest BCUT2D eigenvalue weighted by Crippen LogP contribution is 2.18. The summed E-state index contributed by atoms with van der Waals surface area (Å²) in [5.41, 5.74) is 1.07. The minimum Gasteiger partial charge on any atom is -0.466 e. The van der Waals surface area contributed by atoms with Crippen molar-refractivity contribution in [3.8, 4) is 0 Å². The molecule has 1 saturated heterocycles. The van der Waals surface area contributed by atoms with E-state index in [1.54, 1.807) is 7.05 Å². The van der Waals surface area contributed by atoms with Crippen LogP contribution in [0.15, 0.2) is 29.4 Å². The minimum absolute atomic E-state index is 0.0258. The fourth-order valence-electron chi connectivity index (χ4n) is 2.77. The molecule has 1 N–H and O–H groups in total. The molecule has 0 bridgehead atoms. The minimum atomic E-state index is -0.0646. The van der Waals surface area contributed by atoms with Crippen LogP contribution in [0, 0.1) is 5.92 Å². The quantitative estimate of drug-likeness (QED) is 0.506. The van der Waals surface area contributed by atoms with Gasteiger partial charge in [-0.15, -0.1) is 0 Å². The molecule has 2 rings (SSSR count). The van der Waals surface area contributed by atoms with Crippen LogP contribution in [0.4, 0.5) is 0 Å². The van der Waals surface area contributed by atoms with Crippen LogP contribution in [0.25, 0.3) is 0 Å². The summed E-state index contributed by atoms with van der Waals surface area (Å²) in [6.45, 7) is 4.75. The molecule has 1 aliphatic heterocycles. The highest BCUT2D eigenvalue weighted by Gasteiger charge is 2.27. The molecule has 6 nitrogen and oxygen atoms in total. The van der Waals surface area contributed by atoms with E-state index in [4.69, 9.17) is 4.74 Å². The van der Waals surface area contributed by atoms with E-state index in [9.17, 15) is 4.79 Å². The van der Waals surface area contributed by atoms with Gasteiger partial charge in [-0.2, -0.15) is 0 Å². The second-order valence-corrected chi connectivity index (χ2v) is 5.56. The van der Waals surface area contributed by atoms with Gasteiger partial charge in [0.05, 0.1) is 12.5 Å². The number of ether oxygens (including phenoxy) is 1. The van der Waals surface area contributed by atoms with Crippen LogP contribution in [0.3, 0.4) is 0 Å². The number of rotatable bonds is 5. The summed E-state index contributed by atoms with van der Waals surface area (Å²) in [5, 5.41) is 3.38. The zero-order chi connectivity index (χ0) is 16.5. The van der Waals surface area contributed by atoms with Crippen molar-refractivity contribution in [1.29, 1.82) is 0 Å². The van der Waals surface area contributed by atoms with Crippen molar-refractivity contribution < 1.29 is 9.53 Å². The van der Waals surface area contributed by atoms with Crippen LogP contribution >= 0.6 is 0 Å². The number of aliphatic imine (C=N–C) groups is 1. The number of guanidine groups is 1. The Bertz CT molecular complexity index is 511. The van der Waals surface area contributed by atoms with Crippen molar-refractivity contribution in [1.82, 2.24) is 15.2 Å². The number of piperidine rings is 1. The van der Waals surface area contributed by atoms with E-state index in [-0.39, 0.29) is 11.9 Å². The number of carbonyl (C=O) groups is 1. The molecule has 0 aliphatic carbocycles. The number of nitrogens with zero attached hydrogens (tertiary/aromatic N) is 3. The molecule has 0 aromatic carbocycles. The van der Waals surface area contributed by atoms with Crippen LogP contribution in [0.5, 0.6) is 0 Å². The van der Waals surface area contributed by atoms with Crippen LogP contribution in [0.1, 0.15) is 25.5 Å². The lowest BCUT2D eigenvalue weighted by molar-refractivity contribution is -0.149. The number of pyridine rings is 1. The van der Waals surface area contributed by atoms with E-state index in [1.165, 1.54) is 0 Å². The normalized spacial score (nSPS) is 16.3. The van der Waals surface area contributed by atoms with Crippen molar-refractivity contribution >= 4 is 11.9 Å². The maximum atomic E-state index is 11.8. The smallest absolute Gasteiger partial charge is 0.309 e. The molecule has 1 fully saturated rings. The van der Waals surface area contributed by atoms with E-state index in [1.807, 2.05) is 31.3 Å². The van der Waals surface area contributed by atoms with Gasteiger partial charge in [0, 0.05) is 45.0 Å². The first-order valence-corrected chi connectivity index (χ1v) is 8.26. The fourth-order valence-corrected chi connectivity index (χ4v) is 2.77. The lowest BCUT2D eigenvalue weighted by atomic mass is 9.97. The predicted molar refractivity (Wildman–Crippen MR) is 90.2 cm³/mol. The predicted octanol–water partition coefficient (Wildman–Crippen LogP) is 1.47. The molecule has 1 aromatic rings. The molecule has 0 saturated carbocycles. The Morgan fingerprint density at radius 3 is 2.83 bits per heavy atom. The molecule has 0 amide bonds. The first-order valence-electron chi connectivity index (χ1n) is 8.26. The van der Waals surface area contributed by atoms with Gasteiger partial charge in [0.2, 0.25) is 0 Å². The van der Waals surface area contributed by atoms with Gasteiger partial charge in [-0.3, -0.25) is 14.8 Å². The van der Waals surface area contributed by atoms with E-state index in [2.05, 4.69) is 20.2 Å². The molecule has 2 heterocycles. The van der Waals surface area contributed by atoms with Crippen molar-refractivity contribution in [3.05, 3.63) is 30.1 Å². The lowest BCUT2D eigenvalue weighted by Crippen LogP contribution is -2.47. The van der Waals surface area contributed by atoms with Crippen molar-refractivity contribution in [3.63, 3.8) is 0 Å². The Balaban J connectivity index is 1.76. The summed E-state index contributed by atoms with van der Waals surface area (Å²) >= 11 is 0. The maximum Gasteiger partial charge on any atom is 0.309 e. The number of nitrogens with one attached hydrogen (secondary N) is 1. The molecule has 1 aromatic heterocycles. The molecule has 0 radical (unpaired) electrons. The molecule has 1 aliphatic rings. The lowest BCUT2D eigenvalue weighted by Gasteiger charge is -2.33. The zero-order valence-electron chi connectivity index (χ0n) is 14.0. The summed E-state index contributed by atoms with van der Waals surface area (Å²) in [6, 6.07) is 5.94. The molecule has 23 heavy (non-hydrogen) atoms. The molecule has 0 atom stereocenters. The number of hydrogen-bond acceptors (Lipinski definition) is 4. The van der Waals surface area contributed by atoms with Gasteiger partial charge < -0.3 is 15.0 Å². The average Bonchev–Trinajstić information content (AvgIpc) is 2.60. The fraction of sp³-hybridized carbons (Fsp3) is 0.588. The Labute approximate surface area is 138 Å². The van der Waals surface area contributed by atoms with Crippen LogP contribution < -0.4 is 5.32 Å². The third-order valence-electron chi connectivity index (χ3n) is 4.02. The van der Waals surface area contributed by atoms with Gasteiger partial charge in [0.15, 0.2) is 5.96 Å². The highest BCUT2D eigenvalue weighted by atomic mass is 16.5.